The number of fused-ring (bicyclic) bond motifs is 1. The van der Waals surface area contributed by atoms with Crippen LogP contribution in [0.4, 0.5) is 0 Å². The number of carbonyl (C=O) groups is 1. The molecule has 0 fully saturated rings. The molecule has 0 saturated carbocycles. The van der Waals surface area contributed by atoms with E-state index in [1.54, 1.807) is 6.07 Å². The maximum atomic E-state index is 10.5. The Morgan fingerprint density at radius 3 is 3.07 bits per heavy atom. The summed E-state index contributed by atoms with van der Waals surface area (Å²) in [6.45, 7) is 1.94. The summed E-state index contributed by atoms with van der Waals surface area (Å²) < 4.78 is 0. The van der Waals surface area contributed by atoms with Crippen molar-refractivity contribution < 1.29 is 9.90 Å². The Bertz CT molecular complexity index is 488. The Morgan fingerprint density at radius 1 is 1.57 bits per heavy atom. The van der Waals surface area contributed by atoms with E-state index in [0.717, 1.165) is 22.2 Å². The molecule has 0 aliphatic heterocycles. The monoisotopic (exact) mass is 190 g/mol. The molecule has 0 aliphatic carbocycles. The highest BCUT2D eigenvalue weighted by Crippen LogP contribution is 2.16. The number of carboxylic acid groups (broad SMARTS) is 1. The van der Waals surface area contributed by atoms with Gasteiger partial charge in [0.25, 0.3) is 0 Å². The lowest BCUT2D eigenvalue weighted by molar-refractivity contribution is -0.136. The van der Waals surface area contributed by atoms with Crippen molar-refractivity contribution in [2.75, 3.05) is 0 Å². The predicted octanol–water partition coefficient (Wildman–Crippen LogP) is 1.50. The van der Waals surface area contributed by atoms with E-state index in [0.29, 0.717) is 0 Å². The molecule has 4 nitrogen and oxygen atoms in total. The SMILES string of the molecule is Cc1[nH]nc2cc(CC(=O)O)ccc12. The number of nitrogens with one attached hydrogen (secondary N) is 1. The smallest absolute Gasteiger partial charge is 0.307 e. The van der Waals surface area contributed by atoms with Gasteiger partial charge < -0.3 is 5.11 Å². The first-order valence-corrected chi connectivity index (χ1v) is 4.32. The number of rotatable bonds is 2. The molecule has 0 bridgehead atoms. The number of benzene rings is 1. The number of carboxylic acids is 1. The molecule has 2 rings (SSSR count). The van der Waals surface area contributed by atoms with Crippen molar-refractivity contribution in [1.29, 1.82) is 0 Å². The van der Waals surface area contributed by atoms with Gasteiger partial charge in [-0.2, -0.15) is 5.10 Å². The van der Waals surface area contributed by atoms with Crippen LogP contribution in [0.3, 0.4) is 0 Å². The fraction of sp³-hybridized carbons (Fsp3) is 0.200. The number of aliphatic carboxylic acids is 1. The van der Waals surface area contributed by atoms with Crippen LogP contribution >= 0.6 is 0 Å². The van der Waals surface area contributed by atoms with Crippen molar-refractivity contribution in [2.24, 2.45) is 0 Å². The molecule has 72 valence electrons. The lowest BCUT2D eigenvalue weighted by Crippen LogP contribution is -1.99. The van der Waals surface area contributed by atoms with Gasteiger partial charge in [-0.25, -0.2) is 0 Å². The summed E-state index contributed by atoms with van der Waals surface area (Å²) >= 11 is 0. The third-order valence-corrected chi connectivity index (χ3v) is 2.17. The van der Waals surface area contributed by atoms with Crippen LogP contribution in [0.25, 0.3) is 10.9 Å². The maximum Gasteiger partial charge on any atom is 0.307 e. The molecule has 0 radical (unpaired) electrons. The van der Waals surface area contributed by atoms with Crippen molar-refractivity contribution >= 4 is 16.9 Å². The Kier molecular flexibility index (Phi) is 1.96. The lowest BCUT2D eigenvalue weighted by atomic mass is 10.1. The van der Waals surface area contributed by atoms with Gasteiger partial charge in [0.1, 0.15) is 0 Å². The third kappa shape index (κ3) is 1.46. The number of hydrogen-bond donors (Lipinski definition) is 2. The molecule has 0 amide bonds. The second-order valence-corrected chi connectivity index (χ2v) is 3.27. The van der Waals surface area contributed by atoms with Crippen LogP contribution < -0.4 is 0 Å². The van der Waals surface area contributed by atoms with Crippen LogP contribution in [0.1, 0.15) is 11.3 Å². The fourth-order valence-corrected chi connectivity index (χ4v) is 1.48. The maximum absolute atomic E-state index is 10.5. The lowest BCUT2D eigenvalue weighted by Gasteiger charge is -1.96. The summed E-state index contributed by atoms with van der Waals surface area (Å²) in [6.07, 6.45) is 0.0435. The molecule has 0 saturated heterocycles. The van der Waals surface area contributed by atoms with E-state index in [2.05, 4.69) is 10.2 Å². The van der Waals surface area contributed by atoms with Gasteiger partial charge in [-0.3, -0.25) is 9.89 Å². The highest BCUT2D eigenvalue weighted by molar-refractivity contribution is 5.82. The van der Waals surface area contributed by atoms with Gasteiger partial charge in [0.15, 0.2) is 0 Å². The average molecular weight is 190 g/mol. The second kappa shape index (κ2) is 3.14. The summed E-state index contributed by atoms with van der Waals surface area (Å²) in [5.74, 6) is -0.823. The largest absolute Gasteiger partial charge is 0.481 e. The second-order valence-electron chi connectivity index (χ2n) is 3.27. The van der Waals surface area contributed by atoms with Crippen molar-refractivity contribution in [1.82, 2.24) is 10.2 Å². The van der Waals surface area contributed by atoms with Gasteiger partial charge >= 0.3 is 5.97 Å². The summed E-state index contributed by atoms with van der Waals surface area (Å²) in [6, 6.07) is 5.51. The normalized spacial score (nSPS) is 10.6. The quantitative estimate of drug-likeness (QED) is 0.754. The molecular weight excluding hydrogens is 180 g/mol. The van der Waals surface area contributed by atoms with Gasteiger partial charge in [-0.1, -0.05) is 12.1 Å². The number of aromatic amines is 1. The van der Waals surface area contributed by atoms with Crippen molar-refractivity contribution in [3.8, 4) is 0 Å². The van der Waals surface area contributed by atoms with Gasteiger partial charge in [0.2, 0.25) is 0 Å². The third-order valence-electron chi connectivity index (χ3n) is 2.17. The summed E-state index contributed by atoms with van der Waals surface area (Å²) in [5.41, 5.74) is 2.60. The first-order valence-electron chi connectivity index (χ1n) is 4.32. The van der Waals surface area contributed by atoms with Gasteiger partial charge in [0.05, 0.1) is 11.9 Å². The van der Waals surface area contributed by atoms with Crippen LogP contribution in [-0.2, 0) is 11.2 Å². The number of hydrogen-bond acceptors (Lipinski definition) is 2. The van der Waals surface area contributed by atoms with E-state index in [4.69, 9.17) is 5.11 Å². The summed E-state index contributed by atoms with van der Waals surface area (Å²) in [4.78, 5) is 10.5. The van der Waals surface area contributed by atoms with Crippen LogP contribution in [0.2, 0.25) is 0 Å². The molecule has 0 spiro atoms. The predicted molar refractivity (Wildman–Crippen MR) is 52.2 cm³/mol. The highest BCUT2D eigenvalue weighted by Gasteiger charge is 2.04. The van der Waals surface area contributed by atoms with Crippen LogP contribution in [-0.4, -0.2) is 21.3 Å². The zero-order valence-corrected chi connectivity index (χ0v) is 7.74. The minimum absolute atomic E-state index is 0.0435. The zero-order valence-electron chi connectivity index (χ0n) is 7.74. The van der Waals surface area contributed by atoms with Crippen molar-refractivity contribution in [2.45, 2.75) is 13.3 Å². The van der Waals surface area contributed by atoms with E-state index in [9.17, 15) is 4.79 Å². The first kappa shape index (κ1) is 8.74. The Labute approximate surface area is 80.6 Å². The molecule has 4 heteroatoms. The van der Waals surface area contributed by atoms with E-state index in [1.165, 1.54) is 0 Å². The summed E-state index contributed by atoms with van der Waals surface area (Å²) in [5, 5.41) is 16.6. The van der Waals surface area contributed by atoms with Crippen LogP contribution in [0.15, 0.2) is 18.2 Å². The molecule has 14 heavy (non-hydrogen) atoms. The molecule has 1 aromatic carbocycles. The molecule has 1 heterocycles. The van der Waals surface area contributed by atoms with E-state index in [-0.39, 0.29) is 6.42 Å². The number of aromatic nitrogens is 2. The molecule has 2 N–H and O–H groups in total. The van der Waals surface area contributed by atoms with Gasteiger partial charge in [0, 0.05) is 11.1 Å². The minimum atomic E-state index is -0.823. The van der Waals surface area contributed by atoms with E-state index in [1.807, 2.05) is 19.1 Å². The molecule has 1 aromatic heterocycles. The Balaban J connectivity index is 2.46. The van der Waals surface area contributed by atoms with Crippen LogP contribution in [0.5, 0.6) is 0 Å². The number of aryl methyl sites for hydroxylation is 1. The number of nitrogens with zero attached hydrogens (tertiary/aromatic N) is 1. The van der Waals surface area contributed by atoms with E-state index < -0.39 is 5.97 Å². The van der Waals surface area contributed by atoms with Gasteiger partial charge in [-0.05, 0) is 18.6 Å². The zero-order chi connectivity index (χ0) is 10.1. The molecule has 0 aliphatic rings. The molecule has 0 unspecified atom stereocenters. The van der Waals surface area contributed by atoms with Crippen molar-refractivity contribution in [3.05, 3.63) is 29.5 Å². The Morgan fingerprint density at radius 2 is 2.36 bits per heavy atom. The van der Waals surface area contributed by atoms with E-state index >= 15 is 0 Å². The summed E-state index contributed by atoms with van der Waals surface area (Å²) in [7, 11) is 0. The topological polar surface area (TPSA) is 66.0 Å². The molecule has 0 atom stereocenters. The minimum Gasteiger partial charge on any atom is -0.481 e. The van der Waals surface area contributed by atoms with Gasteiger partial charge in [-0.15, -0.1) is 0 Å². The highest BCUT2D eigenvalue weighted by atomic mass is 16.4. The Hall–Kier alpha value is -1.84. The molecule has 2 aromatic rings. The first-order chi connectivity index (χ1) is 6.66. The van der Waals surface area contributed by atoms with Crippen molar-refractivity contribution in [3.63, 3.8) is 0 Å². The average Bonchev–Trinajstić information content (AvgIpc) is 2.46. The standard InChI is InChI=1S/C10H10N2O2/c1-6-8-3-2-7(5-10(13)14)4-9(8)12-11-6/h2-4H,5H2,1H3,(H,11,12)(H,13,14). The molecular formula is C10H10N2O2. The fourth-order valence-electron chi connectivity index (χ4n) is 1.48. The number of H-pyrrole nitrogens is 1. The van der Waals surface area contributed by atoms with Crippen LogP contribution in [0, 0.1) is 6.92 Å².